The van der Waals surface area contributed by atoms with E-state index in [1.54, 1.807) is 4.90 Å². The first-order valence-corrected chi connectivity index (χ1v) is 9.19. The van der Waals surface area contributed by atoms with Gasteiger partial charge in [0.2, 0.25) is 5.91 Å². The molecule has 1 aromatic carbocycles. The van der Waals surface area contributed by atoms with Gasteiger partial charge < -0.3 is 15.0 Å². The van der Waals surface area contributed by atoms with Gasteiger partial charge in [-0.2, -0.15) is 5.10 Å². The van der Waals surface area contributed by atoms with E-state index < -0.39 is 5.60 Å². The van der Waals surface area contributed by atoms with Gasteiger partial charge in [-0.25, -0.2) is 4.79 Å². The summed E-state index contributed by atoms with van der Waals surface area (Å²) in [5.74, 6) is 0.495. The normalized spacial score (nSPS) is 13.8. The minimum atomic E-state index is -0.525. The third kappa shape index (κ3) is 5.09. The second-order valence-corrected chi connectivity index (χ2v) is 7.71. The number of nitrogens with one attached hydrogen (secondary N) is 2. The van der Waals surface area contributed by atoms with Crippen LogP contribution in [0.5, 0.6) is 0 Å². The van der Waals surface area contributed by atoms with Gasteiger partial charge in [0, 0.05) is 18.5 Å². The second kappa shape index (κ2) is 7.82. The maximum atomic E-state index is 12.2. The molecule has 144 valence electrons. The number of aromatic amines is 1. The van der Waals surface area contributed by atoms with Crippen LogP contribution in [-0.4, -0.2) is 39.2 Å². The van der Waals surface area contributed by atoms with Gasteiger partial charge in [0.05, 0.1) is 12.2 Å². The van der Waals surface area contributed by atoms with Crippen molar-refractivity contribution in [3.63, 3.8) is 0 Å². The fraction of sp³-hybridized carbons (Fsp3) is 0.450. The van der Waals surface area contributed by atoms with E-state index in [9.17, 15) is 9.59 Å². The van der Waals surface area contributed by atoms with Gasteiger partial charge in [0.25, 0.3) is 0 Å². The van der Waals surface area contributed by atoms with E-state index in [1.165, 1.54) is 0 Å². The fourth-order valence-electron chi connectivity index (χ4n) is 3.00. The Balaban J connectivity index is 1.56. The number of nitrogens with zero attached hydrogens (tertiary/aromatic N) is 2. The molecule has 0 bridgehead atoms. The number of aromatic nitrogens is 2. The molecule has 27 heavy (non-hydrogen) atoms. The van der Waals surface area contributed by atoms with Crippen LogP contribution in [-0.2, 0) is 28.9 Å². The number of carbonyl (C=O) groups is 2. The molecular weight excluding hydrogens is 344 g/mol. The van der Waals surface area contributed by atoms with Gasteiger partial charge >= 0.3 is 6.09 Å². The molecule has 1 aromatic heterocycles. The van der Waals surface area contributed by atoms with E-state index in [0.717, 1.165) is 16.8 Å². The summed E-state index contributed by atoms with van der Waals surface area (Å²) in [5, 5.41) is 10.1. The quantitative estimate of drug-likeness (QED) is 0.865. The molecule has 0 unspecified atom stereocenters. The van der Waals surface area contributed by atoms with Gasteiger partial charge in [-0.05, 0) is 39.2 Å². The van der Waals surface area contributed by atoms with Crippen LogP contribution in [0.15, 0.2) is 30.3 Å². The number of aryl methyl sites for hydroxylation is 1. The first kappa shape index (κ1) is 18.9. The molecule has 0 fully saturated rings. The van der Waals surface area contributed by atoms with Crippen molar-refractivity contribution in [2.75, 3.05) is 11.9 Å². The van der Waals surface area contributed by atoms with Crippen molar-refractivity contribution < 1.29 is 14.3 Å². The van der Waals surface area contributed by atoms with E-state index >= 15 is 0 Å². The Morgan fingerprint density at radius 2 is 2.00 bits per heavy atom. The highest BCUT2D eigenvalue weighted by atomic mass is 16.6. The smallest absolute Gasteiger partial charge is 0.410 e. The lowest BCUT2D eigenvalue weighted by molar-refractivity contribution is -0.116. The second-order valence-electron chi connectivity index (χ2n) is 7.71. The van der Waals surface area contributed by atoms with Gasteiger partial charge in [0.1, 0.15) is 5.60 Å². The first-order valence-electron chi connectivity index (χ1n) is 9.19. The van der Waals surface area contributed by atoms with Crippen molar-refractivity contribution in [2.24, 2.45) is 0 Å². The molecule has 2 heterocycles. The highest BCUT2D eigenvalue weighted by Gasteiger charge is 2.28. The summed E-state index contributed by atoms with van der Waals surface area (Å²) >= 11 is 0. The Morgan fingerprint density at radius 3 is 2.70 bits per heavy atom. The lowest BCUT2D eigenvalue weighted by Crippen LogP contribution is -2.39. The number of hydrogen-bond acceptors (Lipinski definition) is 4. The first-order chi connectivity index (χ1) is 12.8. The lowest BCUT2D eigenvalue weighted by Gasteiger charge is -2.29. The molecule has 0 atom stereocenters. The van der Waals surface area contributed by atoms with Crippen molar-refractivity contribution in [1.29, 1.82) is 0 Å². The van der Waals surface area contributed by atoms with Crippen molar-refractivity contribution in [1.82, 2.24) is 15.1 Å². The number of benzene rings is 1. The van der Waals surface area contributed by atoms with E-state index in [0.29, 0.717) is 38.2 Å². The highest BCUT2D eigenvalue weighted by Crippen LogP contribution is 2.25. The molecule has 0 spiro atoms. The molecule has 3 rings (SSSR count). The number of carbonyl (C=O) groups excluding carboxylic acids is 2. The largest absolute Gasteiger partial charge is 0.444 e. The Kier molecular flexibility index (Phi) is 5.48. The van der Waals surface area contributed by atoms with Gasteiger partial charge in [-0.1, -0.05) is 30.3 Å². The van der Waals surface area contributed by atoms with E-state index in [2.05, 4.69) is 15.5 Å². The summed E-state index contributed by atoms with van der Waals surface area (Å²) in [6.45, 7) is 6.48. The van der Waals surface area contributed by atoms with Gasteiger partial charge in [0.15, 0.2) is 5.82 Å². The maximum absolute atomic E-state index is 12.2. The lowest BCUT2D eigenvalue weighted by atomic mass is 10.1. The highest BCUT2D eigenvalue weighted by molar-refractivity contribution is 5.90. The van der Waals surface area contributed by atoms with Crippen LogP contribution in [0, 0.1) is 0 Å². The van der Waals surface area contributed by atoms with E-state index in [1.807, 2.05) is 51.1 Å². The molecular formula is C20H26N4O3. The summed E-state index contributed by atoms with van der Waals surface area (Å²) in [6.07, 6.45) is 1.37. The monoisotopic (exact) mass is 370 g/mol. The Morgan fingerprint density at radius 1 is 1.26 bits per heavy atom. The number of H-pyrrole nitrogens is 1. The molecule has 1 aliphatic heterocycles. The summed E-state index contributed by atoms with van der Waals surface area (Å²) in [6, 6.07) is 9.91. The predicted octanol–water partition coefficient (Wildman–Crippen LogP) is 3.27. The Bertz CT molecular complexity index is 808. The zero-order valence-corrected chi connectivity index (χ0v) is 16.0. The zero-order valence-electron chi connectivity index (χ0n) is 16.0. The van der Waals surface area contributed by atoms with Crippen molar-refractivity contribution in [3.8, 4) is 0 Å². The minimum absolute atomic E-state index is 0.0669. The minimum Gasteiger partial charge on any atom is -0.444 e. The van der Waals surface area contributed by atoms with Crippen molar-refractivity contribution in [3.05, 3.63) is 47.2 Å². The number of rotatable bonds is 4. The molecule has 2 N–H and O–H groups in total. The van der Waals surface area contributed by atoms with E-state index in [4.69, 9.17) is 4.74 Å². The summed E-state index contributed by atoms with van der Waals surface area (Å²) in [4.78, 5) is 26.1. The Hall–Kier alpha value is -2.83. The number of fused-ring (bicyclic) bond motifs is 1. The Labute approximate surface area is 159 Å². The molecule has 2 amide bonds. The maximum Gasteiger partial charge on any atom is 0.410 e. The van der Waals surface area contributed by atoms with Crippen molar-refractivity contribution in [2.45, 2.75) is 52.2 Å². The summed E-state index contributed by atoms with van der Waals surface area (Å²) in [7, 11) is 0. The van der Waals surface area contributed by atoms with Crippen LogP contribution in [0.4, 0.5) is 10.6 Å². The molecule has 7 nitrogen and oxygen atoms in total. The van der Waals surface area contributed by atoms with Crippen molar-refractivity contribution >= 4 is 17.8 Å². The molecule has 2 aromatic rings. The van der Waals surface area contributed by atoms with Crippen LogP contribution in [0.2, 0.25) is 0 Å². The topological polar surface area (TPSA) is 87.3 Å². The third-order valence-electron chi connectivity index (χ3n) is 4.33. The van der Waals surface area contributed by atoms with Gasteiger partial charge in [-0.15, -0.1) is 0 Å². The summed E-state index contributed by atoms with van der Waals surface area (Å²) in [5.41, 5.74) is 2.40. The third-order valence-corrected chi connectivity index (χ3v) is 4.33. The SMILES string of the molecule is CC(C)(C)OC(=O)N1CCc2c(NC(=O)CCc3ccccc3)n[nH]c2C1. The molecule has 0 aliphatic carbocycles. The molecule has 1 aliphatic rings. The van der Waals surface area contributed by atoms with Crippen LogP contribution in [0.25, 0.3) is 0 Å². The molecule has 0 radical (unpaired) electrons. The molecule has 7 heteroatoms. The van der Waals surface area contributed by atoms with Crippen LogP contribution in [0.3, 0.4) is 0 Å². The zero-order chi connectivity index (χ0) is 19.4. The molecule has 0 saturated heterocycles. The number of anilines is 1. The van der Waals surface area contributed by atoms with E-state index in [-0.39, 0.29) is 12.0 Å². The predicted molar refractivity (Wildman–Crippen MR) is 102 cm³/mol. The fourth-order valence-corrected chi connectivity index (χ4v) is 3.00. The van der Waals surface area contributed by atoms with Crippen LogP contribution < -0.4 is 5.32 Å². The standard InChI is InChI=1S/C20H26N4O3/c1-20(2,3)27-19(26)24-12-11-15-16(13-24)22-23-18(15)21-17(25)10-9-14-7-5-4-6-8-14/h4-8H,9-13H2,1-3H3,(H2,21,22,23,25). The molecule has 0 saturated carbocycles. The average molecular weight is 370 g/mol. The average Bonchev–Trinajstić information content (AvgIpc) is 3.01. The van der Waals surface area contributed by atoms with Gasteiger partial charge in [-0.3, -0.25) is 9.89 Å². The van der Waals surface area contributed by atoms with Crippen LogP contribution >= 0.6 is 0 Å². The summed E-state index contributed by atoms with van der Waals surface area (Å²) < 4.78 is 5.42. The number of hydrogen-bond donors (Lipinski definition) is 2. The van der Waals surface area contributed by atoms with Crippen LogP contribution in [0.1, 0.15) is 44.0 Å². The number of amides is 2. The number of ether oxygens (including phenoxy) is 1.